The quantitative estimate of drug-likeness (QED) is 0.871. The third-order valence-electron chi connectivity index (χ3n) is 3.42. The van der Waals surface area contributed by atoms with Gasteiger partial charge in [-0.25, -0.2) is 4.39 Å². The maximum atomic E-state index is 13.7. The topological polar surface area (TPSA) is 33.5 Å². The average Bonchev–Trinajstić information content (AvgIpc) is 2.45. The predicted octanol–water partition coefficient (Wildman–Crippen LogP) is 2.44. The van der Waals surface area contributed by atoms with Gasteiger partial charge in [-0.2, -0.15) is 0 Å². The molecular formula is C17H19ClFN2O+. The number of hydrogen-bond donors (Lipinski definition) is 2. The van der Waals surface area contributed by atoms with E-state index in [9.17, 15) is 9.18 Å². The average molecular weight is 322 g/mol. The number of amides is 1. The van der Waals surface area contributed by atoms with Crippen LogP contribution >= 0.6 is 11.6 Å². The molecule has 2 aromatic rings. The standard InChI is InChI=1S/C17H18ClFN2O/c1-12-6-3-4-9-16(12)20-17(22)11-21(2)10-13-14(18)7-5-8-15(13)19/h3-9H,10-11H2,1-2H3,(H,20,22)/p+1. The fraction of sp³-hybridized carbons (Fsp3) is 0.235. The number of quaternary nitrogens is 1. The van der Waals surface area contributed by atoms with Gasteiger partial charge in [-0.05, 0) is 30.7 Å². The van der Waals surface area contributed by atoms with Crippen LogP contribution in [0, 0.1) is 12.7 Å². The minimum atomic E-state index is -0.342. The van der Waals surface area contributed by atoms with Crippen LogP contribution in [0.5, 0.6) is 0 Å². The van der Waals surface area contributed by atoms with Gasteiger partial charge in [-0.1, -0.05) is 35.9 Å². The van der Waals surface area contributed by atoms with Crippen LogP contribution in [0.2, 0.25) is 5.02 Å². The first-order valence-corrected chi connectivity index (χ1v) is 7.45. The third-order valence-corrected chi connectivity index (χ3v) is 3.78. The molecule has 0 radical (unpaired) electrons. The number of likely N-dealkylation sites (N-methyl/N-ethyl adjacent to an activating group) is 1. The molecule has 0 aliphatic rings. The Hall–Kier alpha value is -1.91. The zero-order valence-electron chi connectivity index (χ0n) is 12.6. The zero-order chi connectivity index (χ0) is 16.1. The summed E-state index contributed by atoms with van der Waals surface area (Å²) in [6.45, 7) is 2.52. The van der Waals surface area contributed by atoms with Crippen LogP contribution in [0.3, 0.4) is 0 Å². The van der Waals surface area contributed by atoms with Gasteiger partial charge in [-0.15, -0.1) is 0 Å². The normalized spacial score (nSPS) is 12.0. The Balaban J connectivity index is 1.96. The summed E-state index contributed by atoms with van der Waals surface area (Å²) >= 11 is 6.01. The van der Waals surface area contributed by atoms with Crippen LogP contribution in [0.25, 0.3) is 0 Å². The van der Waals surface area contributed by atoms with E-state index in [1.54, 1.807) is 12.1 Å². The molecule has 2 aromatic carbocycles. The molecule has 3 nitrogen and oxygen atoms in total. The first kappa shape index (κ1) is 16.5. The highest BCUT2D eigenvalue weighted by Gasteiger charge is 2.15. The summed E-state index contributed by atoms with van der Waals surface area (Å²) in [5.41, 5.74) is 2.24. The van der Waals surface area contributed by atoms with E-state index in [0.29, 0.717) is 17.1 Å². The molecule has 22 heavy (non-hydrogen) atoms. The Bertz CT molecular complexity index is 655. The van der Waals surface area contributed by atoms with Crippen molar-refractivity contribution in [2.45, 2.75) is 13.5 Å². The molecule has 0 bridgehead atoms. The van der Waals surface area contributed by atoms with Crippen molar-refractivity contribution in [3.05, 3.63) is 64.4 Å². The lowest BCUT2D eigenvalue weighted by Gasteiger charge is -2.15. The number of benzene rings is 2. The molecule has 0 spiro atoms. The van der Waals surface area contributed by atoms with Gasteiger partial charge < -0.3 is 10.2 Å². The molecule has 1 unspecified atom stereocenters. The molecule has 0 heterocycles. The van der Waals surface area contributed by atoms with E-state index in [1.165, 1.54) is 6.07 Å². The number of nitrogens with one attached hydrogen (secondary N) is 2. The van der Waals surface area contributed by atoms with E-state index >= 15 is 0 Å². The fourth-order valence-electron chi connectivity index (χ4n) is 2.25. The van der Waals surface area contributed by atoms with Crippen molar-refractivity contribution in [3.63, 3.8) is 0 Å². The molecule has 5 heteroatoms. The van der Waals surface area contributed by atoms with Crippen molar-refractivity contribution in [2.24, 2.45) is 0 Å². The van der Waals surface area contributed by atoms with Crippen LogP contribution < -0.4 is 10.2 Å². The number of para-hydroxylation sites is 1. The second kappa shape index (κ2) is 7.38. The summed E-state index contributed by atoms with van der Waals surface area (Å²) in [6.07, 6.45) is 0. The molecule has 0 aromatic heterocycles. The number of carbonyl (C=O) groups excluding carboxylic acids is 1. The highest BCUT2D eigenvalue weighted by Crippen LogP contribution is 2.17. The van der Waals surface area contributed by atoms with E-state index in [-0.39, 0.29) is 18.3 Å². The Morgan fingerprint density at radius 1 is 1.23 bits per heavy atom. The molecule has 0 aliphatic carbocycles. The van der Waals surface area contributed by atoms with Gasteiger partial charge in [0.05, 0.1) is 17.6 Å². The Morgan fingerprint density at radius 2 is 1.95 bits per heavy atom. The third kappa shape index (κ3) is 4.29. The molecule has 0 saturated heterocycles. The van der Waals surface area contributed by atoms with Crippen molar-refractivity contribution >= 4 is 23.2 Å². The number of carbonyl (C=O) groups is 1. The molecule has 0 aliphatic heterocycles. The number of aryl methyl sites for hydroxylation is 1. The second-order valence-corrected chi connectivity index (χ2v) is 5.78. The lowest BCUT2D eigenvalue weighted by molar-refractivity contribution is -0.885. The summed E-state index contributed by atoms with van der Waals surface area (Å²) in [5, 5.41) is 3.26. The van der Waals surface area contributed by atoms with Crippen molar-refractivity contribution in [3.8, 4) is 0 Å². The van der Waals surface area contributed by atoms with E-state index in [1.807, 2.05) is 38.2 Å². The van der Waals surface area contributed by atoms with Crippen molar-refractivity contribution in [1.29, 1.82) is 0 Å². The first-order chi connectivity index (χ1) is 10.5. The summed E-state index contributed by atoms with van der Waals surface area (Å²) in [5.74, 6) is -0.453. The minimum absolute atomic E-state index is 0.112. The molecular weight excluding hydrogens is 303 g/mol. The SMILES string of the molecule is Cc1ccccc1NC(=O)C[NH+](C)Cc1c(F)cccc1Cl. The predicted molar refractivity (Wildman–Crippen MR) is 86.7 cm³/mol. The monoisotopic (exact) mass is 321 g/mol. The van der Waals surface area contributed by atoms with Crippen molar-refractivity contribution in [2.75, 3.05) is 18.9 Å². The summed E-state index contributed by atoms with van der Waals surface area (Å²) in [6, 6.07) is 12.2. The summed E-state index contributed by atoms with van der Waals surface area (Å²) in [4.78, 5) is 12.9. The van der Waals surface area contributed by atoms with Crippen molar-refractivity contribution in [1.82, 2.24) is 0 Å². The van der Waals surface area contributed by atoms with Gasteiger partial charge in [0.15, 0.2) is 6.54 Å². The van der Waals surface area contributed by atoms with Crippen LogP contribution in [0.15, 0.2) is 42.5 Å². The van der Waals surface area contributed by atoms with Crippen LogP contribution in [0.1, 0.15) is 11.1 Å². The van der Waals surface area contributed by atoms with Gasteiger partial charge in [0, 0.05) is 5.69 Å². The lowest BCUT2D eigenvalue weighted by atomic mass is 10.2. The van der Waals surface area contributed by atoms with E-state index < -0.39 is 0 Å². The highest BCUT2D eigenvalue weighted by atomic mass is 35.5. The Kier molecular flexibility index (Phi) is 5.52. The molecule has 2 rings (SSSR count). The fourth-order valence-corrected chi connectivity index (χ4v) is 2.48. The molecule has 2 N–H and O–H groups in total. The van der Waals surface area contributed by atoms with Gasteiger partial charge in [-0.3, -0.25) is 4.79 Å². The highest BCUT2D eigenvalue weighted by molar-refractivity contribution is 6.31. The Morgan fingerprint density at radius 3 is 2.64 bits per heavy atom. The van der Waals surface area contributed by atoms with Gasteiger partial charge in [0.1, 0.15) is 12.4 Å². The molecule has 0 saturated carbocycles. The molecule has 1 amide bonds. The van der Waals surface area contributed by atoms with E-state index in [2.05, 4.69) is 5.32 Å². The smallest absolute Gasteiger partial charge is 0.279 e. The maximum Gasteiger partial charge on any atom is 0.279 e. The van der Waals surface area contributed by atoms with Gasteiger partial charge in [0.2, 0.25) is 0 Å². The van der Waals surface area contributed by atoms with Crippen molar-refractivity contribution < 1.29 is 14.1 Å². The van der Waals surface area contributed by atoms with Crippen LogP contribution in [-0.2, 0) is 11.3 Å². The number of anilines is 1. The van der Waals surface area contributed by atoms with Crippen LogP contribution in [0.4, 0.5) is 10.1 Å². The molecule has 0 fully saturated rings. The minimum Gasteiger partial charge on any atom is -0.326 e. The van der Waals surface area contributed by atoms with Crippen LogP contribution in [-0.4, -0.2) is 19.5 Å². The van der Waals surface area contributed by atoms with E-state index in [0.717, 1.165) is 16.2 Å². The zero-order valence-corrected chi connectivity index (χ0v) is 13.4. The van der Waals surface area contributed by atoms with E-state index in [4.69, 9.17) is 11.6 Å². The molecule has 116 valence electrons. The number of hydrogen-bond acceptors (Lipinski definition) is 1. The Labute approximate surface area is 134 Å². The largest absolute Gasteiger partial charge is 0.326 e. The summed E-state index contributed by atoms with van der Waals surface area (Å²) < 4.78 is 13.7. The summed E-state index contributed by atoms with van der Waals surface area (Å²) in [7, 11) is 1.83. The lowest BCUT2D eigenvalue weighted by Crippen LogP contribution is -3.08. The van der Waals surface area contributed by atoms with Gasteiger partial charge >= 0.3 is 0 Å². The number of halogens is 2. The molecule has 1 atom stereocenters. The second-order valence-electron chi connectivity index (χ2n) is 5.37. The number of rotatable bonds is 5. The maximum absolute atomic E-state index is 13.7. The van der Waals surface area contributed by atoms with Gasteiger partial charge in [0.25, 0.3) is 5.91 Å². The first-order valence-electron chi connectivity index (χ1n) is 7.07.